The van der Waals surface area contributed by atoms with Gasteiger partial charge >= 0.3 is 5.97 Å². The summed E-state index contributed by atoms with van der Waals surface area (Å²) in [5.41, 5.74) is 3.69. The topological polar surface area (TPSA) is 122 Å². The highest BCUT2D eigenvalue weighted by Gasteiger charge is 2.22. The van der Waals surface area contributed by atoms with Crippen LogP contribution in [0.5, 0.6) is 28.7 Å². The second kappa shape index (κ2) is 14.0. The quantitative estimate of drug-likeness (QED) is 0.174. The Labute approximate surface area is 256 Å². The fraction of sp³-hybridized carbons (Fsp3) is 0.294. The number of rotatable bonds is 14. The maximum absolute atomic E-state index is 12.6. The van der Waals surface area contributed by atoms with Crippen molar-refractivity contribution in [3.63, 3.8) is 0 Å². The lowest BCUT2D eigenvalue weighted by molar-refractivity contribution is -0.132. The summed E-state index contributed by atoms with van der Waals surface area (Å²) in [5.74, 6) is 2.43. The van der Waals surface area contributed by atoms with Crippen LogP contribution in [0.3, 0.4) is 0 Å². The van der Waals surface area contributed by atoms with Crippen LogP contribution in [0.4, 0.5) is 0 Å². The molecule has 230 valence electrons. The number of aliphatic hydroxyl groups is 1. The Morgan fingerprint density at radius 1 is 1.00 bits per heavy atom. The molecule has 0 saturated carbocycles. The van der Waals surface area contributed by atoms with Crippen molar-refractivity contribution in [3.8, 4) is 34.4 Å². The molecule has 0 aliphatic carbocycles. The summed E-state index contributed by atoms with van der Waals surface area (Å²) in [7, 11) is 3.12. The smallest absolute Gasteiger partial charge is 0.331 e. The number of ether oxygens (including phenoxy) is 5. The van der Waals surface area contributed by atoms with Gasteiger partial charge in [0.15, 0.2) is 11.5 Å². The zero-order valence-corrected chi connectivity index (χ0v) is 25.0. The molecule has 0 unspecified atom stereocenters. The minimum Gasteiger partial charge on any atom is -0.497 e. The van der Waals surface area contributed by atoms with Crippen molar-refractivity contribution in [2.75, 3.05) is 21.0 Å². The van der Waals surface area contributed by atoms with Crippen molar-refractivity contribution in [3.05, 3.63) is 94.6 Å². The second-order valence-electron chi connectivity index (χ2n) is 10.3. The molecule has 3 aromatic carbocycles. The van der Waals surface area contributed by atoms with Crippen molar-refractivity contribution in [1.29, 1.82) is 0 Å². The molecule has 5 rings (SSSR count). The number of nitrogens with zero attached hydrogens (tertiary/aromatic N) is 2. The Kier molecular flexibility index (Phi) is 9.71. The maximum atomic E-state index is 12.6. The first-order valence-corrected chi connectivity index (χ1v) is 14.4. The van der Waals surface area contributed by atoms with Gasteiger partial charge in [0.1, 0.15) is 29.7 Å². The molecule has 4 aromatic rings. The number of imidazole rings is 1. The van der Waals surface area contributed by atoms with Gasteiger partial charge in [0.05, 0.1) is 38.4 Å². The Hall–Kier alpha value is -4.96. The van der Waals surface area contributed by atoms with Crippen LogP contribution in [0.1, 0.15) is 48.0 Å². The highest BCUT2D eigenvalue weighted by Crippen LogP contribution is 2.39. The van der Waals surface area contributed by atoms with Gasteiger partial charge in [-0.15, -0.1) is 0 Å². The lowest BCUT2D eigenvalue weighted by Gasteiger charge is -2.18. The van der Waals surface area contributed by atoms with Crippen LogP contribution >= 0.6 is 0 Å². The monoisotopic (exact) mass is 600 g/mol. The molecule has 0 spiro atoms. The molecule has 0 atom stereocenters. The summed E-state index contributed by atoms with van der Waals surface area (Å²) in [6, 6.07) is 16.5. The molecule has 0 saturated heterocycles. The van der Waals surface area contributed by atoms with Crippen molar-refractivity contribution < 1.29 is 38.7 Å². The fourth-order valence-electron chi connectivity index (χ4n) is 5.09. The van der Waals surface area contributed by atoms with Crippen LogP contribution in [0, 0.1) is 0 Å². The van der Waals surface area contributed by atoms with E-state index in [0.29, 0.717) is 52.1 Å². The van der Waals surface area contributed by atoms with Gasteiger partial charge in [-0.1, -0.05) is 37.6 Å². The standard InChI is InChI=1S/C34H36N2O8/c1-4-5-10-33-35-18-26(14-25(34(38)39)13-24-15-31-32(44-21-43-31)17-29(24)41-3)36(33)28-12-11-27(40-2)16-30(28)42-20-23-9-7-6-8-22(23)19-37/h6-9,11-12,14-18,37H,4-5,10,13,19-21H2,1-3H3,(H,38,39)/b25-14+. The number of carboxylic acids is 1. The number of carbonyl (C=O) groups is 1. The van der Waals surface area contributed by atoms with Gasteiger partial charge in [0, 0.05) is 36.1 Å². The first kappa shape index (κ1) is 30.5. The normalized spacial score (nSPS) is 12.3. The summed E-state index contributed by atoms with van der Waals surface area (Å²) < 4.78 is 30.3. The lowest BCUT2D eigenvalue weighted by atomic mass is 10.0. The molecule has 1 aliphatic heterocycles. The third-order valence-electron chi connectivity index (χ3n) is 7.45. The van der Waals surface area contributed by atoms with Gasteiger partial charge in [-0.05, 0) is 41.8 Å². The summed E-state index contributed by atoms with van der Waals surface area (Å²) in [4.78, 5) is 17.3. The molecule has 0 amide bonds. The molecule has 2 heterocycles. The number of aromatic nitrogens is 2. The van der Waals surface area contributed by atoms with Gasteiger partial charge < -0.3 is 33.9 Å². The van der Waals surface area contributed by atoms with E-state index in [0.717, 1.165) is 29.8 Å². The van der Waals surface area contributed by atoms with Gasteiger partial charge in [0.2, 0.25) is 6.79 Å². The SMILES string of the molecule is CCCCc1ncc(/C=C(\Cc2cc3c(cc2OC)OCO3)C(=O)O)n1-c1ccc(OC)cc1OCc1ccccc1CO. The van der Waals surface area contributed by atoms with Crippen LogP contribution in [-0.4, -0.2) is 46.7 Å². The number of hydrogen-bond donors (Lipinski definition) is 2. The predicted octanol–water partition coefficient (Wildman–Crippen LogP) is 5.74. The van der Waals surface area contributed by atoms with Crippen molar-refractivity contribution in [2.24, 2.45) is 0 Å². The first-order chi connectivity index (χ1) is 21.4. The zero-order valence-electron chi connectivity index (χ0n) is 25.0. The number of hydrogen-bond acceptors (Lipinski definition) is 8. The summed E-state index contributed by atoms with van der Waals surface area (Å²) >= 11 is 0. The van der Waals surface area contributed by atoms with E-state index in [1.807, 2.05) is 41.0 Å². The number of carboxylic acid groups (broad SMARTS) is 1. The number of fused-ring (bicyclic) bond motifs is 1. The third kappa shape index (κ3) is 6.65. The number of aliphatic hydroxyl groups excluding tert-OH is 1. The Balaban J connectivity index is 1.57. The molecule has 0 bridgehead atoms. The van der Waals surface area contributed by atoms with Gasteiger partial charge in [-0.2, -0.15) is 0 Å². The zero-order chi connectivity index (χ0) is 31.1. The first-order valence-electron chi connectivity index (χ1n) is 14.4. The van der Waals surface area contributed by atoms with Gasteiger partial charge in [-0.25, -0.2) is 9.78 Å². The second-order valence-corrected chi connectivity index (χ2v) is 10.3. The fourth-order valence-corrected chi connectivity index (χ4v) is 5.09. The average Bonchev–Trinajstić information content (AvgIpc) is 3.68. The summed E-state index contributed by atoms with van der Waals surface area (Å²) in [5, 5.41) is 20.1. The average molecular weight is 601 g/mol. The molecular formula is C34H36N2O8. The number of aryl methyl sites for hydroxylation is 1. The van der Waals surface area contributed by atoms with Crippen LogP contribution in [-0.2, 0) is 30.8 Å². The van der Waals surface area contributed by atoms with Crippen LogP contribution in [0.25, 0.3) is 11.8 Å². The van der Waals surface area contributed by atoms with Crippen molar-refractivity contribution >= 4 is 12.0 Å². The van der Waals surface area contributed by atoms with Crippen molar-refractivity contribution in [2.45, 2.75) is 45.8 Å². The van der Waals surface area contributed by atoms with E-state index in [9.17, 15) is 15.0 Å². The van der Waals surface area contributed by atoms with Crippen molar-refractivity contribution in [1.82, 2.24) is 9.55 Å². The van der Waals surface area contributed by atoms with E-state index in [1.54, 1.807) is 37.6 Å². The van der Waals surface area contributed by atoms with Gasteiger partial charge in [-0.3, -0.25) is 4.57 Å². The highest BCUT2D eigenvalue weighted by atomic mass is 16.7. The Morgan fingerprint density at radius 3 is 2.48 bits per heavy atom. The molecule has 10 nitrogen and oxygen atoms in total. The van der Waals surface area contributed by atoms with E-state index >= 15 is 0 Å². The summed E-state index contributed by atoms with van der Waals surface area (Å²) in [6.07, 6.45) is 5.93. The molecule has 1 aromatic heterocycles. The number of aliphatic carboxylic acids is 1. The molecule has 44 heavy (non-hydrogen) atoms. The number of methoxy groups -OCH3 is 2. The number of benzene rings is 3. The van der Waals surface area contributed by atoms with Crippen LogP contribution in [0.15, 0.2) is 66.4 Å². The van der Waals surface area contributed by atoms with E-state index in [4.69, 9.17) is 28.7 Å². The molecule has 0 radical (unpaired) electrons. The predicted molar refractivity (Wildman–Crippen MR) is 164 cm³/mol. The minimum absolute atomic E-state index is 0.0779. The largest absolute Gasteiger partial charge is 0.497 e. The minimum atomic E-state index is -1.07. The maximum Gasteiger partial charge on any atom is 0.331 e. The Bertz CT molecular complexity index is 1660. The van der Waals surface area contributed by atoms with Crippen LogP contribution in [0.2, 0.25) is 0 Å². The third-order valence-corrected chi connectivity index (χ3v) is 7.45. The molecule has 0 fully saturated rings. The van der Waals surface area contributed by atoms with E-state index in [-0.39, 0.29) is 32.0 Å². The van der Waals surface area contributed by atoms with E-state index < -0.39 is 5.97 Å². The van der Waals surface area contributed by atoms with E-state index in [2.05, 4.69) is 6.92 Å². The van der Waals surface area contributed by atoms with Crippen LogP contribution < -0.4 is 23.7 Å². The molecule has 10 heteroatoms. The lowest BCUT2D eigenvalue weighted by Crippen LogP contribution is -2.09. The number of unbranched alkanes of at least 4 members (excludes halogenated alkanes) is 1. The highest BCUT2D eigenvalue weighted by molar-refractivity contribution is 5.92. The summed E-state index contributed by atoms with van der Waals surface area (Å²) in [6.45, 7) is 2.32. The van der Waals surface area contributed by atoms with Gasteiger partial charge in [0.25, 0.3) is 0 Å². The molecule has 2 N–H and O–H groups in total. The van der Waals surface area contributed by atoms with E-state index in [1.165, 1.54) is 7.11 Å². The Morgan fingerprint density at radius 2 is 1.77 bits per heavy atom. The molecule has 1 aliphatic rings. The molecular weight excluding hydrogens is 564 g/mol.